The van der Waals surface area contributed by atoms with Crippen LogP contribution in [0.4, 0.5) is 0 Å². The molecule has 0 saturated carbocycles. The summed E-state index contributed by atoms with van der Waals surface area (Å²) in [7, 11) is 1.63. The lowest BCUT2D eigenvalue weighted by Gasteiger charge is -2.34. The van der Waals surface area contributed by atoms with Crippen molar-refractivity contribution in [1.82, 2.24) is 14.9 Å². The van der Waals surface area contributed by atoms with E-state index in [2.05, 4.69) is 0 Å². The highest BCUT2D eigenvalue weighted by Crippen LogP contribution is 2.03. The number of aliphatic hydroxyl groups excluding tert-OH is 2. The molecule has 0 atom stereocenters. The normalized spacial score (nSPS) is 17.4. The third-order valence-corrected chi connectivity index (χ3v) is 3.04. The summed E-state index contributed by atoms with van der Waals surface area (Å²) in [4.78, 5) is 20.7. The zero-order chi connectivity index (χ0) is 13.4. The molecule has 0 aliphatic carbocycles. The van der Waals surface area contributed by atoms with Gasteiger partial charge >= 0.3 is 0 Å². The largest absolute Gasteiger partial charge is 0.395 e. The molecule has 1 amide bonds. The molecule has 0 unspecified atom stereocenters. The quantitative estimate of drug-likeness (QED) is 0.551. The van der Waals surface area contributed by atoms with Gasteiger partial charge in [0.15, 0.2) is 0 Å². The highest BCUT2D eigenvalue weighted by atomic mass is 16.7. The lowest BCUT2D eigenvalue weighted by Crippen LogP contribution is -2.51. The van der Waals surface area contributed by atoms with Crippen LogP contribution in [0.15, 0.2) is 0 Å². The fraction of sp³-hybridized carbons (Fsp3) is 0.909. The van der Waals surface area contributed by atoms with Crippen LogP contribution >= 0.6 is 0 Å². The number of piperazine rings is 1. The molecule has 18 heavy (non-hydrogen) atoms. The molecule has 0 aromatic heterocycles. The molecule has 0 aromatic carbocycles. The molecule has 1 rings (SSSR count). The molecule has 2 N–H and O–H groups in total. The van der Waals surface area contributed by atoms with Crippen molar-refractivity contribution >= 4 is 5.91 Å². The maximum Gasteiger partial charge on any atom is 0.236 e. The molecule has 0 bridgehead atoms. The molecule has 0 radical (unpaired) electrons. The molecule has 1 aliphatic heterocycles. The third-order valence-electron chi connectivity index (χ3n) is 3.04. The van der Waals surface area contributed by atoms with Crippen molar-refractivity contribution in [2.24, 2.45) is 0 Å². The van der Waals surface area contributed by atoms with Gasteiger partial charge in [-0.15, -0.1) is 0 Å². The minimum Gasteiger partial charge on any atom is -0.395 e. The number of hydrogen-bond acceptors (Lipinski definition) is 6. The average Bonchev–Trinajstić information content (AvgIpc) is 2.39. The summed E-state index contributed by atoms with van der Waals surface area (Å²) in [5, 5.41) is 19.6. The number of carbonyl (C=O) groups excluding carboxylic acids is 1. The van der Waals surface area contributed by atoms with Gasteiger partial charge in [0, 0.05) is 39.3 Å². The van der Waals surface area contributed by atoms with E-state index in [1.807, 2.05) is 5.06 Å². The molecule has 106 valence electrons. The summed E-state index contributed by atoms with van der Waals surface area (Å²) < 4.78 is 0. The van der Waals surface area contributed by atoms with E-state index in [-0.39, 0.29) is 25.7 Å². The molecule has 1 heterocycles. The first-order valence-corrected chi connectivity index (χ1v) is 6.22. The van der Waals surface area contributed by atoms with Gasteiger partial charge in [-0.1, -0.05) is 0 Å². The summed E-state index contributed by atoms with van der Waals surface area (Å²) in [6.45, 7) is 3.76. The van der Waals surface area contributed by atoms with Crippen LogP contribution in [-0.4, -0.2) is 97.1 Å². The van der Waals surface area contributed by atoms with Gasteiger partial charge in [0.05, 0.1) is 26.9 Å². The monoisotopic (exact) mass is 261 g/mol. The number of carbonyl (C=O) groups is 1. The number of rotatable bonds is 7. The van der Waals surface area contributed by atoms with Crippen LogP contribution in [0.2, 0.25) is 0 Å². The van der Waals surface area contributed by atoms with Gasteiger partial charge in [0.1, 0.15) is 0 Å². The summed E-state index contributed by atoms with van der Waals surface area (Å²) in [5.41, 5.74) is 0. The Bertz CT molecular complexity index is 238. The van der Waals surface area contributed by atoms with Crippen molar-refractivity contribution in [2.45, 2.75) is 0 Å². The SMILES string of the molecule is CON1CCN(C(=O)CN(CCO)CCO)CC1. The topological polar surface area (TPSA) is 76.5 Å². The Kier molecular flexibility index (Phi) is 7.14. The Morgan fingerprint density at radius 3 is 2.17 bits per heavy atom. The van der Waals surface area contributed by atoms with E-state index >= 15 is 0 Å². The van der Waals surface area contributed by atoms with E-state index < -0.39 is 0 Å². The Labute approximate surface area is 107 Å². The Morgan fingerprint density at radius 2 is 1.72 bits per heavy atom. The first-order chi connectivity index (χ1) is 8.71. The molecule has 0 spiro atoms. The van der Waals surface area contributed by atoms with E-state index in [0.29, 0.717) is 39.3 Å². The van der Waals surface area contributed by atoms with Crippen LogP contribution < -0.4 is 0 Å². The predicted octanol–water partition coefficient (Wildman–Crippen LogP) is -2.02. The smallest absolute Gasteiger partial charge is 0.236 e. The zero-order valence-electron chi connectivity index (χ0n) is 10.9. The number of hydrogen-bond donors (Lipinski definition) is 2. The van der Waals surface area contributed by atoms with Gasteiger partial charge in [0.2, 0.25) is 5.91 Å². The zero-order valence-corrected chi connectivity index (χ0v) is 10.9. The maximum atomic E-state index is 12.0. The first-order valence-electron chi connectivity index (χ1n) is 6.22. The minimum absolute atomic E-state index is 0.00919. The Morgan fingerprint density at radius 1 is 1.17 bits per heavy atom. The molecule has 1 fully saturated rings. The summed E-state index contributed by atoms with van der Waals surface area (Å²) in [6.07, 6.45) is 0. The molecule has 7 heteroatoms. The van der Waals surface area contributed by atoms with E-state index in [1.165, 1.54) is 0 Å². The highest BCUT2D eigenvalue weighted by Gasteiger charge is 2.22. The second kappa shape index (κ2) is 8.39. The third kappa shape index (κ3) is 4.87. The number of amides is 1. The van der Waals surface area contributed by atoms with Gasteiger partial charge in [-0.2, -0.15) is 5.06 Å². The van der Waals surface area contributed by atoms with Crippen molar-refractivity contribution in [3.63, 3.8) is 0 Å². The van der Waals surface area contributed by atoms with E-state index in [0.717, 1.165) is 0 Å². The molecular weight excluding hydrogens is 238 g/mol. The lowest BCUT2D eigenvalue weighted by molar-refractivity contribution is -0.161. The standard InChI is InChI=1S/C11H23N3O4/c1-18-14-4-2-13(3-5-14)11(17)10-12(6-8-15)7-9-16/h15-16H,2-10H2,1H3. The fourth-order valence-electron chi connectivity index (χ4n) is 1.96. The number of nitrogens with zero attached hydrogens (tertiary/aromatic N) is 3. The predicted molar refractivity (Wildman–Crippen MR) is 65.8 cm³/mol. The van der Waals surface area contributed by atoms with Crippen LogP contribution in [0.5, 0.6) is 0 Å². The van der Waals surface area contributed by atoms with E-state index in [1.54, 1.807) is 16.9 Å². The fourth-order valence-corrected chi connectivity index (χ4v) is 1.96. The molecule has 1 saturated heterocycles. The van der Waals surface area contributed by atoms with Crippen molar-refractivity contribution in [3.8, 4) is 0 Å². The summed E-state index contributed by atoms with van der Waals surface area (Å²) in [5.74, 6) is 0.0349. The maximum absolute atomic E-state index is 12.0. The minimum atomic E-state index is -0.00919. The van der Waals surface area contributed by atoms with Crippen LogP contribution in [0.1, 0.15) is 0 Å². The highest BCUT2D eigenvalue weighted by molar-refractivity contribution is 5.78. The van der Waals surface area contributed by atoms with E-state index in [9.17, 15) is 4.79 Å². The van der Waals surface area contributed by atoms with Crippen LogP contribution in [0, 0.1) is 0 Å². The van der Waals surface area contributed by atoms with Crippen molar-refractivity contribution < 1.29 is 19.8 Å². The van der Waals surface area contributed by atoms with Crippen molar-refractivity contribution in [3.05, 3.63) is 0 Å². The first kappa shape index (κ1) is 15.3. The summed E-state index contributed by atoms with van der Waals surface area (Å²) >= 11 is 0. The second-order valence-corrected chi connectivity index (χ2v) is 4.22. The second-order valence-electron chi connectivity index (χ2n) is 4.22. The van der Waals surface area contributed by atoms with Gasteiger partial charge in [-0.25, -0.2) is 0 Å². The van der Waals surface area contributed by atoms with Crippen LogP contribution in [0.3, 0.4) is 0 Å². The van der Waals surface area contributed by atoms with Gasteiger partial charge in [0.25, 0.3) is 0 Å². The Balaban J connectivity index is 2.35. The molecular formula is C11H23N3O4. The van der Waals surface area contributed by atoms with Crippen molar-refractivity contribution in [2.75, 3.05) is 66.1 Å². The van der Waals surface area contributed by atoms with Gasteiger partial charge < -0.3 is 20.0 Å². The van der Waals surface area contributed by atoms with Gasteiger partial charge in [-0.3, -0.25) is 9.69 Å². The molecule has 1 aliphatic rings. The number of aliphatic hydroxyl groups is 2. The Hall–Kier alpha value is -0.730. The lowest BCUT2D eigenvalue weighted by atomic mass is 10.3. The summed E-state index contributed by atoms with van der Waals surface area (Å²) in [6, 6.07) is 0. The van der Waals surface area contributed by atoms with Crippen molar-refractivity contribution in [1.29, 1.82) is 0 Å². The molecule has 7 nitrogen and oxygen atoms in total. The van der Waals surface area contributed by atoms with Crippen LogP contribution in [0.25, 0.3) is 0 Å². The molecule has 0 aromatic rings. The number of hydroxylamine groups is 2. The average molecular weight is 261 g/mol. The van der Waals surface area contributed by atoms with E-state index in [4.69, 9.17) is 15.1 Å². The van der Waals surface area contributed by atoms with Gasteiger partial charge in [-0.05, 0) is 0 Å². The van der Waals surface area contributed by atoms with Crippen LogP contribution in [-0.2, 0) is 9.63 Å².